The van der Waals surface area contributed by atoms with Crippen molar-refractivity contribution in [2.24, 2.45) is 22.7 Å². The molecule has 1 aliphatic heterocycles. The molecule has 0 aromatic rings. The predicted octanol–water partition coefficient (Wildman–Crippen LogP) is 2.23. The number of unbranched alkanes of at least 4 members (excludes halogenated alkanes) is 1. The van der Waals surface area contributed by atoms with Gasteiger partial charge in [0.25, 0.3) is 5.91 Å². The van der Waals surface area contributed by atoms with E-state index in [9.17, 15) is 32.4 Å². The quantitative estimate of drug-likeness (QED) is 0.147. The molecule has 1 saturated heterocycles. The average molecular weight is 711 g/mol. The first-order chi connectivity index (χ1) is 22.8. The van der Waals surface area contributed by atoms with E-state index in [1.165, 1.54) is 19.1 Å². The first kappa shape index (κ1) is 39.0. The van der Waals surface area contributed by atoms with Crippen molar-refractivity contribution in [3.63, 3.8) is 0 Å². The summed E-state index contributed by atoms with van der Waals surface area (Å²) in [6.45, 7) is 11.8. The van der Waals surface area contributed by atoms with E-state index in [1.54, 1.807) is 0 Å². The zero-order valence-corrected chi connectivity index (χ0v) is 31.3. The van der Waals surface area contributed by atoms with Crippen LogP contribution in [0, 0.1) is 22.7 Å². The van der Waals surface area contributed by atoms with Gasteiger partial charge in [0.05, 0.1) is 24.4 Å². The monoisotopic (exact) mass is 710 g/mol. The van der Waals surface area contributed by atoms with Gasteiger partial charge in [-0.05, 0) is 54.8 Å². The molecular weight excluding hydrogens is 652 g/mol. The van der Waals surface area contributed by atoms with Gasteiger partial charge in [0.2, 0.25) is 27.6 Å². The number of fused-ring (bicyclic) bond motifs is 1. The molecule has 278 valence electrons. The summed E-state index contributed by atoms with van der Waals surface area (Å²) >= 11 is 0. The minimum absolute atomic E-state index is 0.00179. The Morgan fingerprint density at radius 2 is 1.65 bits per heavy atom. The molecule has 1 heterocycles. The van der Waals surface area contributed by atoms with Crippen LogP contribution < -0.4 is 21.3 Å². The number of Topliss-reactive ketones (excluding diaryl/α,β-unsaturated/α-hetero) is 1. The van der Waals surface area contributed by atoms with Gasteiger partial charge in [-0.25, -0.2) is 13.2 Å². The number of hydroxylamine groups is 1. The zero-order valence-electron chi connectivity index (χ0n) is 30.5. The Hall–Kier alpha value is -2.78. The van der Waals surface area contributed by atoms with Gasteiger partial charge in [-0.1, -0.05) is 78.1 Å². The van der Waals surface area contributed by atoms with Crippen LogP contribution in [0.5, 0.6) is 0 Å². The van der Waals surface area contributed by atoms with E-state index in [0.717, 1.165) is 43.0 Å². The molecule has 5 atom stereocenters. The standard InChI is InChI=1S/C34H58N6O8S/c1-9-10-14-23(26(41)29(43)35-21-15-16-21)36-28(42)25-24-22(33(24,5)6)19-40(25)30(44)27(32(2,3)4)37-31(45)38-34(17-12-11-13-18-34)20-49(46,47)39(7)48-8/h21-25,27H,9-20H2,1-8H3,(H,35,43)(H,36,42)(H2,37,38,45)/t22-,23-,24-,25-,27+/m0/s1. The molecule has 49 heavy (non-hydrogen) atoms. The molecular formula is C34H58N6O8S. The normalized spacial score (nSPS) is 25.5. The Kier molecular flexibility index (Phi) is 11.8. The van der Waals surface area contributed by atoms with E-state index in [4.69, 9.17) is 4.84 Å². The van der Waals surface area contributed by atoms with Gasteiger partial charge in [0.1, 0.15) is 12.1 Å². The van der Waals surface area contributed by atoms with Gasteiger partial charge in [-0.3, -0.25) is 24.0 Å². The highest BCUT2D eigenvalue weighted by atomic mass is 32.2. The molecule has 4 fully saturated rings. The molecule has 3 aliphatic carbocycles. The number of rotatable bonds is 15. The second-order valence-corrected chi connectivity index (χ2v) is 18.3. The fourth-order valence-electron chi connectivity index (χ4n) is 7.70. The molecule has 5 amide bonds. The highest BCUT2D eigenvalue weighted by Gasteiger charge is 2.70. The smallest absolute Gasteiger partial charge is 0.315 e. The largest absolute Gasteiger partial charge is 0.347 e. The van der Waals surface area contributed by atoms with Crippen LogP contribution in [0.4, 0.5) is 4.79 Å². The number of ketones is 1. The summed E-state index contributed by atoms with van der Waals surface area (Å²) in [5.74, 6) is -2.75. The van der Waals surface area contributed by atoms with Gasteiger partial charge in [0, 0.05) is 19.6 Å². The minimum atomic E-state index is -3.86. The number of sulfonamides is 1. The van der Waals surface area contributed by atoms with Crippen molar-refractivity contribution < 1.29 is 37.2 Å². The van der Waals surface area contributed by atoms with Gasteiger partial charge < -0.3 is 26.2 Å². The molecule has 4 rings (SSSR count). The van der Waals surface area contributed by atoms with E-state index in [-0.39, 0.29) is 29.0 Å². The van der Waals surface area contributed by atoms with Crippen molar-refractivity contribution in [2.75, 3.05) is 26.5 Å². The third kappa shape index (κ3) is 8.94. The zero-order chi connectivity index (χ0) is 36.5. The van der Waals surface area contributed by atoms with Crippen LogP contribution in [0.15, 0.2) is 0 Å². The molecule has 0 bridgehead atoms. The Balaban J connectivity index is 1.54. The summed E-state index contributed by atoms with van der Waals surface area (Å²) in [5, 5.41) is 11.3. The van der Waals surface area contributed by atoms with Crippen molar-refractivity contribution in [2.45, 2.75) is 135 Å². The van der Waals surface area contributed by atoms with Crippen LogP contribution in [0.25, 0.3) is 0 Å². The summed E-state index contributed by atoms with van der Waals surface area (Å²) < 4.78 is 26.8. The lowest BCUT2D eigenvalue weighted by atomic mass is 9.83. The summed E-state index contributed by atoms with van der Waals surface area (Å²) in [6, 6.07) is -3.61. The molecule has 4 aliphatic rings. The fourth-order valence-corrected chi connectivity index (χ4v) is 9.17. The molecule has 4 N–H and O–H groups in total. The molecule has 14 nitrogen and oxygen atoms in total. The van der Waals surface area contributed by atoms with Crippen molar-refractivity contribution in [1.29, 1.82) is 0 Å². The highest BCUT2D eigenvalue weighted by molar-refractivity contribution is 7.89. The van der Waals surface area contributed by atoms with Crippen LogP contribution in [-0.4, -0.2) is 103 Å². The van der Waals surface area contributed by atoms with Gasteiger partial charge >= 0.3 is 6.03 Å². The Labute approximate surface area is 291 Å². The summed E-state index contributed by atoms with van der Waals surface area (Å²) in [7, 11) is -1.29. The molecule has 15 heteroatoms. The first-order valence-electron chi connectivity index (χ1n) is 17.8. The predicted molar refractivity (Wildman–Crippen MR) is 183 cm³/mol. The van der Waals surface area contributed by atoms with Gasteiger partial charge in [-0.15, -0.1) is 0 Å². The van der Waals surface area contributed by atoms with Crippen LogP contribution in [0.1, 0.15) is 106 Å². The van der Waals surface area contributed by atoms with Gasteiger partial charge in [-0.2, -0.15) is 0 Å². The summed E-state index contributed by atoms with van der Waals surface area (Å²) in [6.07, 6.45) is 6.67. The molecule has 0 radical (unpaired) electrons. The van der Waals surface area contributed by atoms with Crippen molar-refractivity contribution in [1.82, 2.24) is 30.6 Å². The number of hydrogen-bond donors (Lipinski definition) is 4. The molecule has 0 aromatic carbocycles. The average Bonchev–Trinajstić information content (AvgIpc) is 3.87. The van der Waals surface area contributed by atoms with Crippen molar-refractivity contribution in [3.05, 3.63) is 0 Å². The number of urea groups is 1. The third-order valence-electron chi connectivity index (χ3n) is 11.1. The Morgan fingerprint density at radius 3 is 2.20 bits per heavy atom. The second-order valence-electron chi connectivity index (χ2n) is 16.3. The number of hydrogen-bond acceptors (Lipinski definition) is 8. The molecule has 3 saturated carbocycles. The van der Waals surface area contributed by atoms with E-state index in [0.29, 0.717) is 32.2 Å². The first-order valence-corrected chi connectivity index (χ1v) is 19.4. The maximum Gasteiger partial charge on any atom is 0.315 e. The Bertz CT molecular complexity index is 1380. The molecule has 0 aromatic heterocycles. The van der Waals surface area contributed by atoms with Crippen LogP contribution in [0.3, 0.4) is 0 Å². The lowest BCUT2D eigenvalue weighted by molar-refractivity contribution is -0.145. The maximum atomic E-state index is 14.4. The number of carbonyl (C=O) groups excluding carboxylic acids is 5. The van der Waals surface area contributed by atoms with Crippen molar-refractivity contribution >= 4 is 39.6 Å². The SMILES string of the molecule is CCCC[C@H](NC(=O)[C@@H]1[C@@H]2[C@H](CN1C(=O)[C@@H](NC(=O)NC1(CS(=O)(=O)N(C)OC)CCCCC1)C(C)(C)C)C2(C)C)C(=O)C(=O)NC1CC1. The topological polar surface area (TPSA) is 183 Å². The summed E-state index contributed by atoms with van der Waals surface area (Å²) in [5.41, 5.74) is -2.03. The molecule has 0 spiro atoms. The molecule has 0 unspecified atom stereocenters. The fraction of sp³-hybridized carbons (Fsp3) is 0.853. The van der Waals surface area contributed by atoms with Crippen LogP contribution in [0.2, 0.25) is 0 Å². The van der Waals surface area contributed by atoms with E-state index in [2.05, 4.69) is 35.1 Å². The summed E-state index contributed by atoms with van der Waals surface area (Å²) in [4.78, 5) is 74.5. The van der Waals surface area contributed by atoms with Crippen LogP contribution >= 0.6 is 0 Å². The number of nitrogens with one attached hydrogen (secondary N) is 4. The van der Waals surface area contributed by atoms with Gasteiger partial charge in [0.15, 0.2) is 0 Å². The lowest BCUT2D eigenvalue weighted by Crippen LogP contribution is -2.64. The van der Waals surface area contributed by atoms with E-state index < -0.39 is 68.6 Å². The van der Waals surface area contributed by atoms with E-state index in [1.807, 2.05) is 27.7 Å². The number of carbonyl (C=O) groups is 5. The lowest BCUT2D eigenvalue weighted by Gasteiger charge is -2.41. The third-order valence-corrected chi connectivity index (χ3v) is 12.9. The maximum absolute atomic E-state index is 14.4. The number of amides is 5. The highest BCUT2D eigenvalue weighted by Crippen LogP contribution is 2.65. The number of likely N-dealkylation sites (tertiary alicyclic amines) is 1. The number of piperidine rings is 1. The van der Waals surface area contributed by atoms with E-state index >= 15 is 0 Å². The second kappa shape index (κ2) is 14.8. The number of nitrogens with zero attached hydrogens (tertiary/aromatic N) is 2. The Morgan fingerprint density at radius 1 is 1.02 bits per heavy atom. The van der Waals surface area contributed by atoms with Crippen molar-refractivity contribution in [3.8, 4) is 0 Å². The van der Waals surface area contributed by atoms with Crippen LogP contribution in [-0.2, 0) is 34.0 Å². The minimum Gasteiger partial charge on any atom is -0.347 e.